The number of hydrogen-bond donors (Lipinski definition) is 1. The molecule has 1 fully saturated rings. The number of primary amides is 1. The largest absolute Gasteiger partial charge is 0.417 e. The van der Waals surface area contributed by atoms with Gasteiger partial charge in [-0.25, -0.2) is 4.98 Å². The first kappa shape index (κ1) is 20.3. The first-order chi connectivity index (χ1) is 12.3. The first-order valence-electron chi connectivity index (χ1n) is 8.19. The molecule has 1 aromatic rings. The van der Waals surface area contributed by atoms with Gasteiger partial charge in [-0.2, -0.15) is 24.9 Å². The fourth-order valence-electron chi connectivity index (χ4n) is 2.63. The quantitative estimate of drug-likeness (QED) is 0.749. The SMILES string of the molecule is NC(=O)CSCCC(=O)N1CCCN(c2ccc(C(F)(F)F)cn2)CC1. The van der Waals surface area contributed by atoms with Gasteiger partial charge < -0.3 is 15.5 Å². The summed E-state index contributed by atoms with van der Waals surface area (Å²) in [5, 5.41) is 0. The van der Waals surface area contributed by atoms with E-state index in [1.54, 1.807) is 4.90 Å². The zero-order chi connectivity index (χ0) is 19.2. The van der Waals surface area contributed by atoms with E-state index in [9.17, 15) is 22.8 Å². The lowest BCUT2D eigenvalue weighted by Gasteiger charge is -2.23. The van der Waals surface area contributed by atoms with Crippen molar-refractivity contribution in [3.05, 3.63) is 23.9 Å². The number of anilines is 1. The number of hydrogen-bond acceptors (Lipinski definition) is 5. The minimum Gasteiger partial charge on any atom is -0.369 e. The van der Waals surface area contributed by atoms with Gasteiger partial charge in [0, 0.05) is 44.5 Å². The Morgan fingerprint density at radius 1 is 1.19 bits per heavy atom. The second-order valence-electron chi connectivity index (χ2n) is 5.89. The van der Waals surface area contributed by atoms with Gasteiger partial charge in [-0.15, -0.1) is 0 Å². The molecule has 6 nitrogen and oxygen atoms in total. The molecular weight excluding hydrogens is 369 g/mol. The Bertz CT molecular complexity index is 625. The van der Waals surface area contributed by atoms with Crippen molar-refractivity contribution in [3.8, 4) is 0 Å². The van der Waals surface area contributed by atoms with Gasteiger partial charge in [-0.1, -0.05) is 0 Å². The van der Waals surface area contributed by atoms with Crippen LogP contribution in [0.1, 0.15) is 18.4 Å². The molecule has 0 unspecified atom stereocenters. The van der Waals surface area contributed by atoms with Crippen molar-refractivity contribution in [2.45, 2.75) is 19.0 Å². The highest BCUT2D eigenvalue weighted by atomic mass is 32.2. The average Bonchev–Trinajstić information content (AvgIpc) is 2.84. The molecule has 1 saturated heterocycles. The molecule has 0 radical (unpaired) electrons. The van der Waals surface area contributed by atoms with Gasteiger partial charge in [0.1, 0.15) is 5.82 Å². The second kappa shape index (κ2) is 9.11. The van der Waals surface area contributed by atoms with Crippen molar-refractivity contribution in [3.63, 3.8) is 0 Å². The van der Waals surface area contributed by atoms with Crippen molar-refractivity contribution in [2.24, 2.45) is 5.73 Å². The molecule has 0 aromatic carbocycles. The summed E-state index contributed by atoms with van der Waals surface area (Å²) >= 11 is 1.33. The molecule has 144 valence electrons. The van der Waals surface area contributed by atoms with Crippen LogP contribution < -0.4 is 10.6 Å². The lowest BCUT2D eigenvalue weighted by atomic mass is 10.2. The van der Waals surface area contributed by atoms with Crippen LogP contribution in [0.3, 0.4) is 0 Å². The molecule has 1 aromatic heterocycles. The summed E-state index contributed by atoms with van der Waals surface area (Å²) in [5.41, 5.74) is 4.27. The lowest BCUT2D eigenvalue weighted by Crippen LogP contribution is -2.35. The van der Waals surface area contributed by atoms with Gasteiger partial charge in [0.15, 0.2) is 0 Å². The number of aromatic nitrogens is 1. The van der Waals surface area contributed by atoms with E-state index >= 15 is 0 Å². The summed E-state index contributed by atoms with van der Waals surface area (Å²) in [5.74, 6) is 0.800. The fourth-order valence-corrected chi connectivity index (χ4v) is 3.29. The summed E-state index contributed by atoms with van der Waals surface area (Å²) in [7, 11) is 0. The van der Waals surface area contributed by atoms with Crippen LogP contribution in [0.5, 0.6) is 0 Å². The Morgan fingerprint density at radius 3 is 2.58 bits per heavy atom. The highest BCUT2D eigenvalue weighted by Gasteiger charge is 2.31. The Labute approximate surface area is 153 Å². The number of thioether (sulfide) groups is 1. The average molecular weight is 390 g/mol. The predicted octanol–water partition coefficient (Wildman–Crippen LogP) is 1.75. The Morgan fingerprint density at radius 2 is 1.96 bits per heavy atom. The summed E-state index contributed by atoms with van der Waals surface area (Å²) in [6.45, 7) is 2.22. The van der Waals surface area contributed by atoms with Crippen molar-refractivity contribution in [2.75, 3.05) is 42.6 Å². The van der Waals surface area contributed by atoms with Crippen LogP contribution in [0.15, 0.2) is 18.3 Å². The van der Waals surface area contributed by atoms with Crippen molar-refractivity contribution in [1.29, 1.82) is 0 Å². The van der Waals surface area contributed by atoms with E-state index in [4.69, 9.17) is 5.73 Å². The molecule has 2 N–H and O–H groups in total. The van der Waals surface area contributed by atoms with Crippen molar-refractivity contribution >= 4 is 29.4 Å². The van der Waals surface area contributed by atoms with E-state index in [1.807, 2.05) is 4.90 Å². The monoisotopic (exact) mass is 390 g/mol. The molecule has 10 heteroatoms. The molecule has 0 spiro atoms. The van der Waals surface area contributed by atoms with Crippen LogP contribution in [0.25, 0.3) is 0 Å². The molecule has 0 aliphatic carbocycles. The number of nitrogens with two attached hydrogens (primary N) is 1. The van der Waals surface area contributed by atoms with Crippen LogP contribution >= 0.6 is 11.8 Å². The van der Waals surface area contributed by atoms with Crippen LogP contribution in [0, 0.1) is 0 Å². The second-order valence-corrected chi connectivity index (χ2v) is 7.00. The Hall–Kier alpha value is -1.97. The molecule has 1 aliphatic rings. The topological polar surface area (TPSA) is 79.5 Å². The van der Waals surface area contributed by atoms with Crippen LogP contribution in [-0.4, -0.2) is 59.4 Å². The van der Waals surface area contributed by atoms with E-state index in [2.05, 4.69) is 4.98 Å². The van der Waals surface area contributed by atoms with Gasteiger partial charge in [0.2, 0.25) is 11.8 Å². The zero-order valence-corrected chi connectivity index (χ0v) is 15.0. The maximum atomic E-state index is 12.6. The minimum absolute atomic E-state index is 0.00389. The number of carbonyl (C=O) groups is 2. The van der Waals surface area contributed by atoms with Crippen LogP contribution in [0.2, 0.25) is 0 Å². The van der Waals surface area contributed by atoms with Crippen LogP contribution in [0.4, 0.5) is 19.0 Å². The maximum absolute atomic E-state index is 12.6. The maximum Gasteiger partial charge on any atom is 0.417 e. The lowest BCUT2D eigenvalue weighted by molar-refractivity contribution is -0.137. The summed E-state index contributed by atoms with van der Waals surface area (Å²) < 4.78 is 37.8. The number of carbonyl (C=O) groups excluding carboxylic acids is 2. The van der Waals surface area contributed by atoms with Gasteiger partial charge in [0.05, 0.1) is 11.3 Å². The van der Waals surface area contributed by atoms with E-state index in [-0.39, 0.29) is 11.7 Å². The smallest absolute Gasteiger partial charge is 0.369 e. The summed E-state index contributed by atoms with van der Waals surface area (Å²) in [6, 6.07) is 2.38. The van der Waals surface area contributed by atoms with Gasteiger partial charge in [-0.05, 0) is 18.6 Å². The third-order valence-corrected chi connectivity index (χ3v) is 4.93. The van der Waals surface area contributed by atoms with Crippen molar-refractivity contribution in [1.82, 2.24) is 9.88 Å². The number of halogens is 3. The third kappa shape index (κ3) is 6.08. The zero-order valence-electron chi connectivity index (χ0n) is 14.2. The van der Waals surface area contributed by atoms with E-state index < -0.39 is 17.6 Å². The third-order valence-electron chi connectivity index (χ3n) is 3.95. The highest BCUT2D eigenvalue weighted by molar-refractivity contribution is 7.99. The number of amides is 2. The Balaban J connectivity index is 1.85. The van der Waals surface area contributed by atoms with Gasteiger partial charge >= 0.3 is 6.18 Å². The molecule has 2 rings (SSSR count). The Kier molecular flexibility index (Phi) is 7.13. The first-order valence-corrected chi connectivity index (χ1v) is 9.35. The molecule has 1 aliphatic heterocycles. The molecular formula is C16H21F3N4O2S. The predicted molar refractivity (Wildman–Crippen MR) is 93.8 cm³/mol. The molecule has 0 saturated carbocycles. The molecule has 26 heavy (non-hydrogen) atoms. The summed E-state index contributed by atoms with van der Waals surface area (Å²) in [4.78, 5) is 30.4. The number of nitrogens with zero attached hydrogens (tertiary/aromatic N) is 3. The molecule has 0 atom stereocenters. The molecule has 2 heterocycles. The van der Waals surface area contributed by atoms with E-state index in [1.165, 1.54) is 17.8 Å². The fraction of sp³-hybridized carbons (Fsp3) is 0.562. The normalized spacial score (nSPS) is 15.7. The highest BCUT2D eigenvalue weighted by Crippen LogP contribution is 2.29. The van der Waals surface area contributed by atoms with Gasteiger partial charge in [-0.3, -0.25) is 9.59 Å². The number of pyridine rings is 1. The molecule has 2 amide bonds. The van der Waals surface area contributed by atoms with Crippen molar-refractivity contribution < 1.29 is 22.8 Å². The standard InChI is InChI=1S/C16H21F3N4O2S/c17-16(18,19)12-2-3-14(21-10-12)22-5-1-6-23(8-7-22)15(25)4-9-26-11-13(20)24/h2-3,10H,1,4-9,11H2,(H2,20,24). The van der Waals surface area contributed by atoms with E-state index in [0.29, 0.717) is 50.6 Å². The van der Waals surface area contributed by atoms with Crippen LogP contribution in [-0.2, 0) is 15.8 Å². The molecule has 0 bridgehead atoms. The minimum atomic E-state index is -4.40. The number of rotatable bonds is 6. The van der Waals surface area contributed by atoms with E-state index in [0.717, 1.165) is 12.3 Å². The number of alkyl halides is 3. The summed E-state index contributed by atoms with van der Waals surface area (Å²) in [6.07, 6.45) is -2.53. The van der Waals surface area contributed by atoms with Gasteiger partial charge in [0.25, 0.3) is 0 Å².